The zero-order chi connectivity index (χ0) is 16.4. The first-order valence-electron chi connectivity index (χ1n) is 6.79. The molecule has 0 saturated heterocycles. The minimum absolute atomic E-state index is 0.209. The van der Waals surface area contributed by atoms with Gasteiger partial charge >= 0.3 is 5.97 Å². The fourth-order valence-corrected chi connectivity index (χ4v) is 2.41. The quantitative estimate of drug-likeness (QED) is 0.933. The van der Waals surface area contributed by atoms with E-state index in [0.717, 1.165) is 16.8 Å². The van der Waals surface area contributed by atoms with Gasteiger partial charge in [-0.15, -0.1) is 0 Å². The van der Waals surface area contributed by atoms with Crippen molar-refractivity contribution in [2.45, 2.75) is 27.3 Å². The fraction of sp³-hybridized carbons (Fsp3) is 0.312. The van der Waals surface area contributed by atoms with Crippen LogP contribution in [-0.2, 0) is 6.54 Å². The fourth-order valence-electron chi connectivity index (χ4n) is 2.41. The van der Waals surface area contributed by atoms with Crippen LogP contribution in [0.5, 0.6) is 5.88 Å². The highest BCUT2D eigenvalue weighted by Crippen LogP contribution is 2.21. The first kappa shape index (κ1) is 15.8. The molecular formula is C16H18N2O4. The van der Waals surface area contributed by atoms with Crippen LogP contribution in [-0.4, -0.2) is 27.7 Å². The van der Waals surface area contributed by atoms with Crippen molar-refractivity contribution in [2.24, 2.45) is 0 Å². The largest absolute Gasteiger partial charge is 0.481 e. The van der Waals surface area contributed by atoms with Crippen molar-refractivity contribution in [3.63, 3.8) is 0 Å². The Morgan fingerprint density at radius 1 is 1.32 bits per heavy atom. The zero-order valence-electron chi connectivity index (χ0n) is 13.0. The van der Waals surface area contributed by atoms with Gasteiger partial charge < -0.3 is 14.4 Å². The minimum Gasteiger partial charge on any atom is -0.481 e. The van der Waals surface area contributed by atoms with Crippen LogP contribution in [0.25, 0.3) is 0 Å². The summed E-state index contributed by atoms with van der Waals surface area (Å²) in [6.07, 6.45) is 1.59. The van der Waals surface area contributed by atoms with Crippen LogP contribution in [0.15, 0.2) is 23.1 Å². The summed E-state index contributed by atoms with van der Waals surface area (Å²) in [5.74, 6) is -0.774. The molecule has 0 radical (unpaired) electrons. The number of nitrogens with zero attached hydrogens (tertiary/aromatic N) is 2. The van der Waals surface area contributed by atoms with Crippen LogP contribution in [0.3, 0.4) is 0 Å². The van der Waals surface area contributed by atoms with Gasteiger partial charge in [-0.1, -0.05) is 0 Å². The molecule has 0 fully saturated rings. The maximum Gasteiger partial charge on any atom is 0.341 e. The lowest BCUT2D eigenvalue weighted by atomic mass is 10.1. The van der Waals surface area contributed by atoms with Crippen LogP contribution in [0.2, 0.25) is 0 Å². The molecule has 2 rings (SSSR count). The van der Waals surface area contributed by atoms with E-state index >= 15 is 0 Å². The van der Waals surface area contributed by atoms with E-state index in [9.17, 15) is 14.7 Å². The predicted molar refractivity (Wildman–Crippen MR) is 81.8 cm³/mol. The van der Waals surface area contributed by atoms with Gasteiger partial charge in [0.05, 0.1) is 13.7 Å². The average molecular weight is 302 g/mol. The van der Waals surface area contributed by atoms with Crippen molar-refractivity contribution in [1.82, 2.24) is 9.55 Å². The first-order chi connectivity index (χ1) is 10.3. The molecule has 0 aliphatic carbocycles. The molecule has 0 atom stereocenters. The molecule has 116 valence electrons. The van der Waals surface area contributed by atoms with Crippen molar-refractivity contribution in [2.75, 3.05) is 7.11 Å². The van der Waals surface area contributed by atoms with Gasteiger partial charge in [0, 0.05) is 17.5 Å². The van der Waals surface area contributed by atoms with E-state index in [0.29, 0.717) is 11.4 Å². The molecule has 0 aliphatic rings. The number of aromatic carboxylic acids is 1. The van der Waals surface area contributed by atoms with Crippen molar-refractivity contribution in [3.8, 4) is 5.88 Å². The van der Waals surface area contributed by atoms with Gasteiger partial charge in [-0.3, -0.25) is 4.79 Å². The summed E-state index contributed by atoms with van der Waals surface area (Å²) in [5, 5.41) is 9.18. The number of carbonyl (C=O) groups is 1. The SMILES string of the molecule is COc1nc(C)cc(C)c1Cn1ccc(C)c(C(=O)O)c1=O. The van der Waals surface area contributed by atoms with Crippen molar-refractivity contribution in [3.05, 3.63) is 56.6 Å². The Morgan fingerprint density at radius 2 is 2.00 bits per heavy atom. The van der Waals surface area contributed by atoms with E-state index in [2.05, 4.69) is 4.98 Å². The summed E-state index contributed by atoms with van der Waals surface area (Å²) < 4.78 is 6.64. The number of aromatic nitrogens is 2. The van der Waals surface area contributed by atoms with Crippen molar-refractivity contribution in [1.29, 1.82) is 0 Å². The number of pyridine rings is 2. The smallest absolute Gasteiger partial charge is 0.341 e. The first-order valence-corrected chi connectivity index (χ1v) is 6.79. The van der Waals surface area contributed by atoms with E-state index in [1.165, 1.54) is 11.7 Å². The lowest BCUT2D eigenvalue weighted by Gasteiger charge is -2.14. The monoisotopic (exact) mass is 302 g/mol. The van der Waals surface area contributed by atoms with Gasteiger partial charge in [0.25, 0.3) is 5.56 Å². The highest BCUT2D eigenvalue weighted by molar-refractivity contribution is 5.88. The number of ether oxygens (including phenoxy) is 1. The standard InChI is InChI=1S/C16H18N2O4/c1-9-5-6-18(15(19)13(9)16(20)21)8-12-10(2)7-11(3)17-14(12)22-4/h5-7H,8H2,1-4H3,(H,20,21). The molecule has 0 unspecified atom stereocenters. The van der Waals surface area contributed by atoms with Gasteiger partial charge in [0.15, 0.2) is 0 Å². The molecule has 2 heterocycles. The Kier molecular flexibility index (Phi) is 4.30. The molecule has 0 aromatic carbocycles. The number of carboxylic acids is 1. The average Bonchev–Trinajstić information content (AvgIpc) is 2.43. The third-order valence-corrected chi connectivity index (χ3v) is 3.55. The van der Waals surface area contributed by atoms with Gasteiger partial charge in [0.2, 0.25) is 5.88 Å². The third kappa shape index (κ3) is 2.86. The molecular weight excluding hydrogens is 284 g/mol. The van der Waals surface area contributed by atoms with Crippen LogP contribution < -0.4 is 10.3 Å². The molecule has 0 saturated carbocycles. The van der Waals surface area contributed by atoms with Crippen LogP contribution >= 0.6 is 0 Å². The zero-order valence-corrected chi connectivity index (χ0v) is 13.0. The Labute approximate surface area is 128 Å². The predicted octanol–water partition coefficient (Wildman–Crippen LogP) is 1.92. The number of hydrogen-bond donors (Lipinski definition) is 1. The van der Waals surface area contributed by atoms with Crippen LogP contribution in [0.1, 0.15) is 32.7 Å². The number of aryl methyl sites for hydroxylation is 3. The Morgan fingerprint density at radius 3 is 2.59 bits per heavy atom. The van der Waals surface area contributed by atoms with E-state index in [-0.39, 0.29) is 12.1 Å². The van der Waals surface area contributed by atoms with E-state index in [1.54, 1.807) is 19.2 Å². The molecule has 6 heteroatoms. The molecule has 0 amide bonds. The van der Waals surface area contributed by atoms with E-state index < -0.39 is 11.5 Å². The Hall–Kier alpha value is -2.63. The van der Waals surface area contributed by atoms with Gasteiger partial charge in [-0.25, -0.2) is 9.78 Å². The second-order valence-electron chi connectivity index (χ2n) is 5.18. The topological polar surface area (TPSA) is 81.4 Å². The van der Waals surface area contributed by atoms with Crippen LogP contribution in [0, 0.1) is 20.8 Å². The molecule has 1 N–H and O–H groups in total. The summed E-state index contributed by atoms with van der Waals surface area (Å²) in [5.41, 5.74) is 2.22. The van der Waals surface area contributed by atoms with E-state index in [1.807, 2.05) is 19.9 Å². The van der Waals surface area contributed by atoms with E-state index in [4.69, 9.17) is 4.74 Å². The van der Waals surface area contributed by atoms with Crippen molar-refractivity contribution >= 4 is 5.97 Å². The number of methoxy groups -OCH3 is 1. The summed E-state index contributed by atoms with van der Waals surface area (Å²) >= 11 is 0. The second-order valence-corrected chi connectivity index (χ2v) is 5.18. The Bertz CT molecular complexity index is 793. The molecule has 2 aromatic rings. The molecule has 6 nitrogen and oxygen atoms in total. The number of hydrogen-bond acceptors (Lipinski definition) is 4. The van der Waals surface area contributed by atoms with Gasteiger partial charge in [-0.05, 0) is 44.0 Å². The second kappa shape index (κ2) is 6.01. The summed E-state index contributed by atoms with van der Waals surface area (Å²) in [4.78, 5) is 27.9. The molecule has 0 spiro atoms. The van der Waals surface area contributed by atoms with Crippen molar-refractivity contribution < 1.29 is 14.6 Å². The molecule has 0 aliphatic heterocycles. The molecule has 2 aromatic heterocycles. The Balaban J connectivity index is 2.56. The lowest BCUT2D eigenvalue weighted by Crippen LogP contribution is -2.28. The highest BCUT2D eigenvalue weighted by Gasteiger charge is 2.16. The van der Waals surface area contributed by atoms with Crippen LogP contribution in [0.4, 0.5) is 0 Å². The molecule has 22 heavy (non-hydrogen) atoms. The summed E-state index contributed by atoms with van der Waals surface area (Å²) in [6, 6.07) is 3.52. The summed E-state index contributed by atoms with van der Waals surface area (Å²) in [6.45, 7) is 5.58. The summed E-state index contributed by atoms with van der Waals surface area (Å²) in [7, 11) is 1.52. The maximum absolute atomic E-state index is 12.3. The lowest BCUT2D eigenvalue weighted by molar-refractivity contribution is 0.0693. The third-order valence-electron chi connectivity index (χ3n) is 3.55. The number of carboxylic acid groups (broad SMARTS) is 1. The number of rotatable bonds is 4. The van der Waals surface area contributed by atoms with Gasteiger partial charge in [0.1, 0.15) is 5.56 Å². The highest BCUT2D eigenvalue weighted by atomic mass is 16.5. The molecule has 0 bridgehead atoms. The minimum atomic E-state index is -1.22. The normalized spacial score (nSPS) is 10.5. The van der Waals surface area contributed by atoms with Gasteiger partial charge in [-0.2, -0.15) is 0 Å². The maximum atomic E-state index is 12.3.